The number of rotatable bonds is 2. The molecule has 7 heteroatoms. The molecule has 0 aliphatic rings. The third-order valence-electron chi connectivity index (χ3n) is 1.45. The molecule has 0 radical (unpaired) electrons. The zero-order chi connectivity index (χ0) is 10.9. The lowest BCUT2D eigenvalue weighted by Gasteiger charge is -1.99. The van der Waals surface area contributed by atoms with Crippen molar-refractivity contribution in [3.63, 3.8) is 0 Å². The second kappa shape index (κ2) is 3.59. The molecule has 74 valence electrons. The van der Waals surface area contributed by atoms with E-state index in [1.165, 1.54) is 0 Å². The lowest BCUT2D eigenvalue weighted by Crippen LogP contribution is -2.02. The predicted octanol–water partition coefficient (Wildman–Crippen LogP) is 2.09. The number of non-ortho nitro benzene ring substituents is 1. The molecule has 0 fully saturated rings. The van der Waals surface area contributed by atoms with Gasteiger partial charge in [-0.1, -0.05) is 11.6 Å². The highest BCUT2D eigenvalue weighted by molar-refractivity contribution is 6.31. The van der Waals surface area contributed by atoms with Crippen LogP contribution in [0.3, 0.4) is 0 Å². The van der Waals surface area contributed by atoms with Gasteiger partial charge in [0.2, 0.25) is 0 Å². The highest BCUT2D eigenvalue weighted by Gasteiger charge is 2.19. The van der Waals surface area contributed by atoms with Crippen molar-refractivity contribution >= 4 is 23.3 Å². The van der Waals surface area contributed by atoms with Crippen molar-refractivity contribution in [2.75, 3.05) is 0 Å². The Kier molecular flexibility index (Phi) is 2.66. The van der Waals surface area contributed by atoms with Crippen LogP contribution in [0.1, 0.15) is 10.4 Å². The number of aromatic carboxylic acids is 1. The molecular formula is C7H3ClFNO4. The molecule has 1 N–H and O–H groups in total. The van der Waals surface area contributed by atoms with Gasteiger partial charge < -0.3 is 5.11 Å². The summed E-state index contributed by atoms with van der Waals surface area (Å²) in [6, 6.07) is 1.37. The van der Waals surface area contributed by atoms with Gasteiger partial charge in [0.25, 0.3) is 5.69 Å². The number of hydrogen-bond acceptors (Lipinski definition) is 3. The van der Waals surface area contributed by atoms with Gasteiger partial charge in [-0.2, -0.15) is 0 Å². The first-order valence-electron chi connectivity index (χ1n) is 3.30. The lowest BCUT2D eigenvalue weighted by molar-refractivity contribution is -0.384. The standard InChI is InChI=1S/C7H3ClFNO4/c8-5-2-3(10(13)14)1-4(6(5)9)7(11)12/h1-2H,(H,11,12). The van der Waals surface area contributed by atoms with E-state index in [2.05, 4.69) is 0 Å². The summed E-state index contributed by atoms with van der Waals surface area (Å²) < 4.78 is 13.0. The van der Waals surface area contributed by atoms with Gasteiger partial charge in [-0.05, 0) is 0 Å². The minimum absolute atomic E-state index is 0.561. The summed E-state index contributed by atoms with van der Waals surface area (Å²) in [4.78, 5) is 19.8. The number of benzene rings is 1. The molecule has 0 amide bonds. The van der Waals surface area contributed by atoms with Crippen LogP contribution >= 0.6 is 11.6 Å². The fourth-order valence-corrected chi connectivity index (χ4v) is 1.05. The number of hydrogen-bond donors (Lipinski definition) is 1. The van der Waals surface area contributed by atoms with Crippen molar-refractivity contribution in [1.82, 2.24) is 0 Å². The number of carbonyl (C=O) groups is 1. The maximum atomic E-state index is 13.0. The van der Waals surface area contributed by atoms with E-state index in [1.807, 2.05) is 0 Å². The van der Waals surface area contributed by atoms with Crippen LogP contribution in [-0.2, 0) is 0 Å². The molecule has 0 spiro atoms. The van der Waals surface area contributed by atoms with Crippen LogP contribution in [0, 0.1) is 15.9 Å². The first-order chi connectivity index (χ1) is 6.43. The van der Waals surface area contributed by atoms with Crippen molar-refractivity contribution in [3.05, 3.63) is 38.7 Å². The molecule has 0 atom stereocenters. The fourth-order valence-electron chi connectivity index (χ4n) is 0.836. The highest BCUT2D eigenvalue weighted by atomic mass is 35.5. The van der Waals surface area contributed by atoms with Crippen LogP contribution in [0.5, 0.6) is 0 Å². The monoisotopic (exact) mass is 219 g/mol. The van der Waals surface area contributed by atoms with Crippen LogP contribution in [0.15, 0.2) is 12.1 Å². The highest BCUT2D eigenvalue weighted by Crippen LogP contribution is 2.25. The summed E-state index contributed by atoms with van der Waals surface area (Å²) in [5, 5.41) is 18.2. The molecule has 1 aromatic rings. The summed E-state index contributed by atoms with van der Waals surface area (Å²) in [6.45, 7) is 0. The van der Waals surface area contributed by atoms with Gasteiger partial charge in [-0.25, -0.2) is 9.18 Å². The quantitative estimate of drug-likeness (QED) is 0.610. The summed E-state index contributed by atoms with van der Waals surface area (Å²) in [5.41, 5.74) is -1.38. The molecule has 0 bridgehead atoms. The van der Waals surface area contributed by atoms with Crippen LogP contribution in [0.2, 0.25) is 5.02 Å². The predicted molar refractivity (Wildman–Crippen MR) is 45.0 cm³/mol. The van der Waals surface area contributed by atoms with E-state index in [1.54, 1.807) is 0 Å². The van der Waals surface area contributed by atoms with Gasteiger partial charge in [0, 0.05) is 12.1 Å². The number of nitro benzene ring substituents is 1. The minimum Gasteiger partial charge on any atom is -0.478 e. The van der Waals surface area contributed by atoms with Gasteiger partial charge in [-0.3, -0.25) is 10.1 Å². The van der Waals surface area contributed by atoms with Crippen molar-refractivity contribution in [2.24, 2.45) is 0 Å². The van der Waals surface area contributed by atoms with E-state index >= 15 is 0 Å². The largest absolute Gasteiger partial charge is 0.478 e. The average Bonchev–Trinajstić information content (AvgIpc) is 2.08. The molecule has 1 aromatic carbocycles. The normalized spacial score (nSPS) is 9.86. The topological polar surface area (TPSA) is 80.4 Å². The smallest absolute Gasteiger partial charge is 0.338 e. The maximum absolute atomic E-state index is 13.0. The van der Waals surface area contributed by atoms with Crippen LogP contribution in [-0.4, -0.2) is 16.0 Å². The van der Waals surface area contributed by atoms with Crippen molar-refractivity contribution in [2.45, 2.75) is 0 Å². The Hall–Kier alpha value is -1.69. The van der Waals surface area contributed by atoms with Crippen LogP contribution < -0.4 is 0 Å². The van der Waals surface area contributed by atoms with E-state index in [0.29, 0.717) is 6.07 Å². The Bertz CT molecular complexity index is 420. The van der Waals surface area contributed by atoms with Crippen molar-refractivity contribution in [1.29, 1.82) is 0 Å². The Labute approximate surface area is 81.9 Å². The number of nitro groups is 1. The molecule has 0 saturated carbocycles. The second-order valence-corrected chi connectivity index (χ2v) is 2.76. The molecule has 0 saturated heterocycles. The van der Waals surface area contributed by atoms with Gasteiger partial charge in [0.05, 0.1) is 9.95 Å². The molecule has 0 aliphatic carbocycles. The molecule has 14 heavy (non-hydrogen) atoms. The molecule has 1 rings (SSSR count). The number of nitrogens with zero attached hydrogens (tertiary/aromatic N) is 1. The van der Waals surface area contributed by atoms with Crippen LogP contribution in [0.4, 0.5) is 10.1 Å². The Morgan fingerprint density at radius 2 is 2.14 bits per heavy atom. The van der Waals surface area contributed by atoms with Gasteiger partial charge in [0.1, 0.15) is 5.56 Å². The first kappa shape index (κ1) is 10.4. The van der Waals surface area contributed by atoms with E-state index in [9.17, 15) is 19.3 Å². The zero-order valence-electron chi connectivity index (χ0n) is 6.53. The van der Waals surface area contributed by atoms with Gasteiger partial charge in [-0.15, -0.1) is 0 Å². The Balaban J connectivity index is 3.43. The SMILES string of the molecule is O=C(O)c1cc([N+](=O)[O-])cc(Cl)c1F. The molecule has 0 heterocycles. The third-order valence-corrected chi connectivity index (χ3v) is 1.73. The Morgan fingerprint density at radius 3 is 2.57 bits per heavy atom. The fraction of sp³-hybridized carbons (Fsp3) is 0. The maximum Gasteiger partial charge on any atom is 0.338 e. The zero-order valence-corrected chi connectivity index (χ0v) is 7.29. The Morgan fingerprint density at radius 1 is 1.57 bits per heavy atom. The van der Waals surface area contributed by atoms with Crippen molar-refractivity contribution in [3.8, 4) is 0 Å². The van der Waals surface area contributed by atoms with Crippen LogP contribution in [0.25, 0.3) is 0 Å². The minimum atomic E-state index is -1.60. The van der Waals surface area contributed by atoms with Crippen molar-refractivity contribution < 1.29 is 19.2 Å². The summed E-state index contributed by atoms with van der Waals surface area (Å²) >= 11 is 5.26. The van der Waals surface area contributed by atoms with E-state index < -0.39 is 33.0 Å². The number of halogens is 2. The van der Waals surface area contributed by atoms with E-state index in [-0.39, 0.29) is 0 Å². The lowest BCUT2D eigenvalue weighted by atomic mass is 10.2. The number of carboxylic acid groups (broad SMARTS) is 1. The first-order valence-corrected chi connectivity index (χ1v) is 3.68. The molecule has 0 aliphatic heterocycles. The van der Waals surface area contributed by atoms with E-state index in [4.69, 9.17) is 16.7 Å². The van der Waals surface area contributed by atoms with Gasteiger partial charge in [0.15, 0.2) is 5.82 Å². The molecule has 0 aromatic heterocycles. The number of carboxylic acids is 1. The third kappa shape index (κ3) is 1.80. The average molecular weight is 220 g/mol. The summed E-state index contributed by atoms with van der Waals surface area (Å²) in [5.74, 6) is -2.78. The van der Waals surface area contributed by atoms with Gasteiger partial charge >= 0.3 is 5.97 Å². The second-order valence-electron chi connectivity index (χ2n) is 2.35. The van der Waals surface area contributed by atoms with E-state index in [0.717, 1.165) is 6.07 Å². The molecule has 5 nitrogen and oxygen atoms in total. The summed E-state index contributed by atoms with van der Waals surface area (Å²) in [6.07, 6.45) is 0. The molecular weight excluding hydrogens is 217 g/mol. The molecule has 0 unspecified atom stereocenters. The summed E-state index contributed by atoms with van der Waals surface area (Å²) in [7, 11) is 0.